The Bertz CT molecular complexity index is 2640. The molecule has 0 bridgehead atoms. The first kappa shape index (κ1) is 25.5. The number of para-hydroxylation sites is 1. The summed E-state index contributed by atoms with van der Waals surface area (Å²) >= 11 is 0. The topological polar surface area (TPSA) is 51.0 Å². The van der Waals surface area contributed by atoms with E-state index in [9.17, 15) is 0 Å². The smallest absolute Gasteiger partial charge is 0.136 e. The number of aliphatic imine (C=N–C) groups is 2. The van der Waals surface area contributed by atoms with E-state index in [0.717, 1.165) is 61.2 Å². The molecule has 0 N–H and O–H groups in total. The summed E-state index contributed by atoms with van der Waals surface area (Å²) in [6.45, 7) is 4.34. The molecule has 9 rings (SSSR count). The van der Waals surface area contributed by atoms with Crippen molar-refractivity contribution in [3.05, 3.63) is 150 Å². The van der Waals surface area contributed by atoms with Gasteiger partial charge in [-0.2, -0.15) is 0 Å². The van der Waals surface area contributed by atoms with E-state index in [1.165, 1.54) is 32.3 Å². The highest BCUT2D eigenvalue weighted by Crippen LogP contribution is 2.43. The van der Waals surface area contributed by atoms with Crippen molar-refractivity contribution in [3.8, 4) is 0 Å². The van der Waals surface area contributed by atoms with E-state index in [4.69, 9.17) is 13.8 Å². The molecular weight excluding hydrogens is 552 g/mol. The highest BCUT2D eigenvalue weighted by Gasteiger charge is 2.18. The summed E-state index contributed by atoms with van der Waals surface area (Å²) in [5, 5.41) is 9.38. The number of benzene rings is 7. The van der Waals surface area contributed by atoms with Gasteiger partial charge in [0.05, 0.1) is 18.0 Å². The van der Waals surface area contributed by atoms with Gasteiger partial charge in [-0.1, -0.05) is 91.0 Å². The monoisotopic (exact) mass is 578 g/mol. The molecule has 0 radical (unpaired) electrons. The van der Waals surface area contributed by atoms with Crippen LogP contribution in [-0.2, 0) is 6.54 Å². The molecular formula is C41H26N2O2. The van der Waals surface area contributed by atoms with Crippen LogP contribution in [0.25, 0.3) is 71.1 Å². The third kappa shape index (κ3) is 4.07. The molecule has 4 heteroatoms. The zero-order valence-electron chi connectivity index (χ0n) is 24.3. The first-order chi connectivity index (χ1) is 22.2. The van der Waals surface area contributed by atoms with Crippen molar-refractivity contribution < 1.29 is 8.83 Å². The Morgan fingerprint density at radius 1 is 0.533 bits per heavy atom. The summed E-state index contributed by atoms with van der Waals surface area (Å²) in [6.07, 6.45) is 2.01. The predicted molar refractivity (Wildman–Crippen MR) is 188 cm³/mol. The standard InChI is InChI=1S/C41H26N2O2/c1-42-34(26-10-3-2-4-11-26)23-35(27-18-19-31-30-14-7-8-16-36(30)44-38(31)22-27)43-24-25-20-33-29-13-6-5-12-28(29)32-15-9-17-37-40(32)41(33)39(21-25)45-37/h2-23H,1,24H2/b34-23-,43-35?. The molecule has 0 unspecified atom stereocenters. The van der Waals surface area contributed by atoms with Crippen molar-refractivity contribution in [1.29, 1.82) is 0 Å². The summed E-state index contributed by atoms with van der Waals surface area (Å²) in [4.78, 5) is 9.61. The Hall–Kier alpha value is -6.00. The normalized spacial score (nSPS) is 12.9. The summed E-state index contributed by atoms with van der Waals surface area (Å²) in [5.41, 5.74) is 8.02. The predicted octanol–water partition coefficient (Wildman–Crippen LogP) is 11.0. The molecule has 0 aliphatic rings. The highest BCUT2D eigenvalue weighted by atomic mass is 16.3. The van der Waals surface area contributed by atoms with Crippen LogP contribution in [0.15, 0.2) is 152 Å². The number of fused-ring (bicyclic) bond motifs is 6. The molecule has 0 spiro atoms. The minimum atomic E-state index is 0.457. The maximum Gasteiger partial charge on any atom is 0.136 e. The Morgan fingerprint density at radius 2 is 1.20 bits per heavy atom. The van der Waals surface area contributed by atoms with Crippen LogP contribution in [-0.4, -0.2) is 12.4 Å². The second kappa shape index (κ2) is 10.0. The summed E-state index contributed by atoms with van der Waals surface area (Å²) < 4.78 is 12.7. The van der Waals surface area contributed by atoms with Crippen LogP contribution >= 0.6 is 0 Å². The second-order valence-corrected chi connectivity index (χ2v) is 11.4. The van der Waals surface area contributed by atoms with Crippen molar-refractivity contribution in [3.63, 3.8) is 0 Å². The van der Waals surface area contributed by atoms with Crippen LogP contribution in [0.4, 0.5) is 0 Å². The van der Waals surface area contributed by atoms with E-state index in [2.05, 4.69) is 90.6 Å². The Kier molecular flexibility index (Phi) is 5.69. The molecule has 0 atom stereocenters. The molecule has 0 amide bonds. The Balaban J connectivity index is 1.22. The van der Waals surface area contributed by atoms with Crippen molar-refractivity contribution >= 4 is 83.5 Å². The molecule has 0 fully saturated rings. The van der Waals surface area contributed by atoms with Gasteiger partial charge in [0.2, 0.25) is 0 Å². The molecule has 0 saturated carbocycles. The average molecular weight is 579 g/mol. The third-order valence-electron chi connectivity index (χ3n) is 8.79. The quantitative estimate of drug-likeness (QED) is 0.146. The van der Waals surface area contributed by atoms with Crippen LogP contribution in [0.2, 0.25) is 0 Å². The highest BCUT2D eigenvalue weighted by molar-refractivity contribution is 6.33. The summed E-state index contributed by atoms with van der Waals surface area (Å²) in [5.74, 6) is 0. The van der Waals surface area contributed by atoms with Gasteiger partial charge in [0.15, 0.2) is 0 Å². The number of allylic oxidation sites excluding steroid dienone is 1. The fraction of sp³-hybridized carbons (Fsp3) is 0.0244. The van der Waals surface area contributed by atoms with Crippen LogP contribution in [0, 0.1) is 0 Å². The molecule has 4 nitrogen and oxygen atoms in total. The van der Waals surface area contributed by atoms with E-state index >= 15 is 0 Å². The van der Waals surface area contributed by atoms with E-state index in [1.807, 2.05) is 54.6 Å². The fourth-order valence-corrected chi connectivity index (χ4v) is 6.73. The molecule has 0 aliphatic heterocycles. The first-order valence-electron chi connectivity index (χ1n) is 15.0. The van der Waals surface area contributed by atoms with Crippen LogP contribution < -0.4 is 0 Å². The van der Waals surface area contributed by atoms with Gasteiger partial charge < -0.3 is 8.83 Å². The lowest BCUT2D eigenvalue weighted by Crippen LogP contribution is -2.00. The zero-order chi connectivity index (χ0) is 29.9. The van der Waals surface area contributed by atoms with E-state index in [1.54, 1.807) is 0 Å². The number of rotatable bonds is 6. The van der Waals surface area contributed by atoms with Gasteiger partial charge in [-0.3, -0.25) is 9.98 Å². The minimum Gasteiger partial charge on any atom is -0.456 e. The molecule has 0 aliphatic carbocycles. The molecule has 0 saturated heterocycles. The molecule has 9 aromatic rings. The van der Waals surface area contributed by atoms with Gasteiger partial charge in [-0.15, -0.1) is 0 Å². The Labute approximate surface area is 258 Å². The lowest BCUT2D eigenvalue weighted by Gasteiger charge is -2.10. The molecule has 45 heavy (non-hydrogen) atoms. The van der Waals surface area contributed by atoms with Crippen LogP contribution in [0.1, 0.15) is 16.7 Å². The number of hydrogen-bond donors (Lipinski definition) is 0. The second-order valence-electron chi connectivity index (χ2n) is 11.4. The lowest BCUT2D eigenvalue weighted by molar-refractivity contribution is 0.668. The molecule has 2 aromatic heterocycles. The fourth-order valence-electron chi connectivity index (χ4n) is 6.73. The van der Waals surface area contributed by atoms with Gasteiger partial charge in [0, 0.05) is 32.7 Å². The summed E-state index contributed by atoms with van der Waals surface area (Å²) in [6, 6.07) is 43.8. The van der Waals surface area contributed by atoms with Crippen LogP contribution in [0.5, 0.6) is 0 Å². The van der Waals surface area contributed by atoms with Gasteiger partial charge >= 0.3 is 0 Å². The number of furan rings is 2. The van der Waals surface area contributed by atoms with Crippen LogP contribution in [0.3, 0.4) is 0 Å². The average Bonchev–Trinajstić information content (AvgIpc) is 3.66. The third-order valence-corrected chi connectivity index (χ3v) is 8.79. The summed E-state index contributed by atoms with van der Waals surface area (Å²) in [7, 11) is 0. The maximum absolute atomic E-state index is 6.44. The van der Waals surface area contributed by atoms with Gasteiger partial charge in [0.1, 0.15) is 22.3 Å². The van der Waals surface area contributed by atoms with Crippen molar-refractivity contribution in [2.75, 3.05) is 0 Å². The number of hydrogen-bond acceptors (Lipinski definition) is 4. The van der Waals surface area contributed by atoms with E-state index in [-0.39, 0.29) is 0 Å². The minimum absolute atomic E-state index is 0.457. The van der Waals surface area contributed by atoms with Gasteiger partial charge in [-0.25, -0.2) is 0 Å². The van der Waals surface area contributed by atoms with Crippen molar-refractivity contribution in [1.82, 2.24) is 0 Å². The Morgan fingerprint density at radius 3 is 2.04 bits per heavy atom. The molecule has 212 valence electrons. The zero-order valence-corrected chi connectivity index (χ0v) is 24.3. The van der Waals surface area contributed by atoms with E-state index in [0.29, 0.717) is 6.54 Å². The lowest BCUT2D eigenvalue weighted by atomic mass is 9.93. The van der Waals surface area contributed by atoms with E-state index < -0.39 is 0 Å². The SMILES string of the molecule is C=N/C(=C\C(=NCc1cc2oc3cccc4c5ccccc5c(c1)c2c34)c1ccc2c(c1)oc1ccccc12)c1ccccc1. The first-order valence-corrected chi connectivity index (χ1v) is 15.0. The molecule has 7 aromatic carbocycles. The van der Waals surface area contributed by atoms with Crippen molar-refractivity contribution in [2.45, 2.75) is 6.54 Å². The van der Waals surface area contributed by atoms with Crippen molar-refractivity contribution in [2.24, 2.45) is 9.98 Å². The molecule has 2 heterocycles. The van der Waals surface area contributed by atoms with Gasteiger partial charge in [0.25, 0.3) is 0 Å². The number of nitrogens with zero attached hydrogens (tertiary/aromatic N) is 2. The largest absolute Gasteiger partial charge is 0.456 e. The maximum atomic E-state index is 6.44. The van der Waals surface area contributed by atoms with Gasteiger partial charge in [-0.05, 0) is 76.3 Å².